The van der Waals surface area contributed by atoms with Gasteiger partial charge in [-0.3, -0.25) is 9.69 Å². The average Bonchev–Trinajstić information content (AvgIpc) is 2.32. The van der Waals surface area contributed by atoms with Gasteiger partial charge in [0.15, 0.2) is 0 Å². The Hall–Kier alpha value is -0.650. The molecule has 1 fully saturated rings. The number of methoxy groups -OCH3 is 1. The molecule has 0 spiro atoms. The fourth-order valence-electron chi connectivity index (χ4n) is 2.21. The van der Waals surface area contributed by atoms with Crippen LogP contribution in [0.5, 0.6) is 0 Å². The zero-order valence-corrected chi connectivity index (χ0v) is 12.0. The van der Waals surface area contributed by atoms with Crippen LogP contribution in [0.4, 0.5) is 0 Å². The topological polar surface area (TPSA) is 50.8 Å². The van der Waals surface area contributed by atoms with Crippen LogP contribution in [-0.4, -0.2) is 62.4 Å². The van der Waals surface area contributed by atoms with Crippen molar-refractivity contribution < 1.29 is 14.3 Å². The Kier molecular flexibility index (Phi) is 6.05. The van der Waals surface area contributed by atoms with Crippen LogP contribution < -0.4 is 5.32 Å². The summed E-state index contributed by atoms with van der Waals surface area (Å²) in [5.74, 6) is -0.187. The molecule has 0 amide bonds. The Morgan fingerprint density at radius 3 is 2.83 bits per heavy atom. The molecule has 1 N–H and O–H groups in total. The molecule has 0 aromatic rings. The zero-order chi connectivity index (χ0) is 13.6. The smallest absolute Gasteiger partial charge is 0.324 e. The van der Waals surface area contributed by atoms with Crippen LogP contribution in [0.25, 0.3) is 0 Å². The molecule has 1 unspecified atom stereocenters. The summed E-state index contributed by atoms with van der Waals surface area (Å²) in [6.07, 6.45) is 1.00. The summed E-state index contributed by atoms with van der Waals surface area (Å²) in [7, 11) is 1.44. The Balaban J connectivity index is 2.51. The number of nitrogens with zero attached hydrogens (tertiary/aromatic N) is 1. The Morgan fingerprint density at radius 2 is 2.28 bits per heavy atom. The van der Waals surface area contributed by atoms with Crippen LogP contribution >= 0.6 is 0 Å². The Bertz CT molecular complexity index is 269. The molecule has 1 aliphatic heterocycles. The molecule has 18 heavy (non-hydrogen) atoms. The highest BCUT2D eigenvalue weighted by molar-refractivity contribution is 5.75. The van der Waals surface area contributed by atoms with E-state index >= 15 is 0 Å². The number of hydrogen-bond acceptors (Lipinski definition) is 5. The molecule has 0 radical (unpaired) electrons. The van der Waals surface area contributed by atoms with Crippen molar-refractivity contribution >= 4 is 5.97 Å². The van der Waals surface area contributed by atoms with Gasteiger partial charge in [0.2, 0.25) is 0 Å². The van der Waals surface area contributed by atoms with Gasteiger partial charge in [-0.25, -0.2) is 0 Å². The quantitative estimate of drug-likeness (QED) is 0.709. The van der Waals surface area contributed by atoms with Crippen molar-refractivity contribution in [2.75, 3.05) is 39.9 Å². The number of morpholine rings is 1. The molecular formula is C13H26N2O3. The highest BCUT2D eigenvalue weighted by atomic mass is 16.5. The van der Waals surface area contributed by atoms with Gasteiger partial charge in [-0.2, -0.15) is 0 Å². The molecule has 0 aromatic carbocycles. The van der Waals surface area contributed by atoms with E-state index < -0.39 is 0 Å². The molecule has 5 nitrogen and oxygen atoms in total. The van der Waals surface area contributed by atoms with Crippen molar-refractivity contribution in [3.63, 3.8) is 0 Å². The van der Waals surface area contributed by atoms with Crippen molar-refractivity contribution in [1.82, 2.24) is 10.2 Å². The van der Waals surface area contributed by atoms with E-state index in [9.17, 15) is 4.79 Å². The summed E-state index contributed by atoms with van der Waals surface area (Å²) in [4.78, 5) is 14.0. The fourth-order valence-corrected chi connectivity index (χ4v) is 2.21. The van der Waals surface area contributed by atoms with Gasteiger partial charge in [-0.1, -0.05) is 6.92 Å². The number of carbonyl (C=O) groups is 1. The molecule has 1 heterocycles. The molecule has 1 rings (SSSR count). The van der Waals surface area contributed by atoms with Crippen LogP contribution in [0, 0.1) is 0 Å². The van der Waals surface area contributed by atoms with Crippen LogP contribution in [0.3, 0.4) is 0 Å². The third-order valence-electron chi connectivity index (χ3n) is 3.07. The molecule has 1 atom stereocenters. The highest BCUT2D eigenvalue weighted by Crippen LogP contribution is 2.16. The third kappa shape index (κ3) is 4.92. The fraction of sp³-hybridized carbons (Fsp3) is 0.923. The van der Waals surface area contributed by atoms with Crippen molar-refractivity contribution in [3.05, 3.63) is 0 Å². The molecule has 0 aromatic heterocycles. The third-order valence-corrected chi connectivity index (χ3v) is 3.07. The van der Waals surface area contributed by atoms with E-state index in [0.717, 1.165) is 26.1 Å². The van der Waals surface area contributed by atoms with Gasteiger partial charge in [0, 0.05) is 19.6 Å². The molecule has 1 saturated heterocycles. The van der Waals surface area contributed by atoms with Gasteiger partial charge in [0.05, 0.1) is 19.3 Å². The number of nitrogens with one attached hydrogen (secondary N) is 1. The molecule has 106 valence electrons. The van der Waals surface area contributed by atoms with Crippen molar-refractivity contribution in [3.8, 4) is 0 Å². The monoisotopic (exact) mass is 258 g/mol. The lowest BCUT2D eigenvalue weighted by atomic mass is 10.1. The first-order chi connectivity index (χ1) is 8.48. The summed E-state index contributed by atoms with van der Waals surface area (Å²) < 4.78 is 10.5. The van der Waals surface area contributed by atoms with Gasteiger partial charge in [-0.15, -0.1) is 0 Å². The lowest BCUT2D eigenvalue weighted by molar-refractivity contribution is -0.145. The molecule has 0 saturated carbocycles. The largest absolute Gasteiger partial charge is 0.468 e. The van der Waals surface area contributed by atoms with Gasteiger partial charge in [0.1, 0.15) is 6.04 Å². The zero-order valence-electron chi connectivity index (χ0n) is 12.0. The summed E-state index contributed by atoms with van der Waals surface area (Å²) in [5.41, 5.74) is -0.135. The summed E-state index contributed by atoms with van der Waals surface area (Å²) in [6, 6.07) is -0.246. The van der Waals surface area contributed by atoms with Crippen LogP contribution in [0.1, 0.15) is 27.2 Å². The Morgan fingerprint density at radius 1 is 1.56 bits per heavy atom. The molecule has 0 aliphatic carbocycles. The molecular weight excluding hydrogens is 232 g/mol. The first-order valence-corrected chi connectivity index (χ1v) is 6.66. The Labute approximate surface area is 110 Å². The highest BCUT2D eigenvalue weighted by Gasteiger charge is 2.30. The van der Waals surface area contributed by atoms with Crippen LogP contribution in [0.2, 0.25) is 0 Å². The summed E-state index contributed by atoms with van der Waals surface area (Å²) in [5, 5.41) is 3.24. The second-order valence-corrected chi connectivity index (χ2v) is 5.37. The van der Waals surface area contributed by atoms with Crippen molar-refractivity contribution in [1.29, 1.82) is 0 Å². The van der Waals surface area contributed by atoms with Gasteiger partial charge < -0.3 is 14.8 Å². The van der Waals surface area contributed by atoms with E-state index in [1.807, 2.05) is 0 Å². The van der Waals surface area contributed by atoms with E-state index in [1.165, 1.54) is 7.11 Å². The molecule has 1 aliphatic rings. The number of carbonyl (C=O) groups excluding carboxylic acids is 1. The number of rotatable bonds is 6. The minimum Gasteiger partial charge on any atom is -0.468 e. The summed E-state index contributed by atoms with van der Waals surface area (Å²) in [6.45, 7) is 10.2. The van der Waals surface area contributed by atoms with E-state index in [2.05, 4.69) is 31.0 Å². The van der Waals surface area contributed by atoms with Gasteiger partial charge in [-0.05, 0) is 26.8 Å². The second kappa shape index (κ2) is 7.07. The SMILES string of the molecule is CCCNC(CN1CCOC(C)(C)C1)C(=O)OC. The lowest BCUT2D eigenvalue weighted by Crippen LogP contribution is -2.54. The predicted molar refractivity (Wildman–Crippen MR) is 70.6 cm³/mol. The van der Waals surface area contributed by atoms with Crippen LogP contribution in [0.15, 0.2) is 0 Å². The normalized spacial score (nSPS) is 21.6. The maximum atomic E-state index is 11.7. The predicted octanol–water partition coefficient (Wildman–Crippen LogP) is 0.638. The maximum Gasteiger partial charge on any atom is 0.324 e. The maximum absolute atomic E-state index is 11.7. The first kappa shape index (κ1) is 15.4. The lowest BCUT2D eigenvalue weighted by Gasteiger charge is -2.39. The minimum atomic E-state index is -0.246. The van der Waals surface area contributed by atoms with Gasteiger partial charge >= 0.3 is 5.97 Å². The van der Waals surface area contributed by atoms with Gasteiger partial charge in [0.25, 0.3) is 0 Å². The minimum absolute atomic E-state index is 0.135. The van der Waals surface area contributed by atoms with E-state index in [-0.39, 0.29) is 17.6 Å². The summed E-state index contributed by atoms with van der Waals surface area (Å²) >= 11 is 0. The molecule has 5 heteroatoms. The molecule has 0 bridgehead atoms. The first-order valence-electron chi connectivity index (χ1n) is 6.66. The van der Waals surface area contributed by atoms with E-state index in [0.29, 0.717) is 13.2 Å². The number of ether oxygens (including phenoxy) is 2. The standard InChI is InChI=1S/C13H26N2O3/c1-5-6-14-11(12(16)17-4)9-15-7-8-18-13(2,3)10-15/h11,14H,5-10H2,1-4H3. The van der Waals surface area contributed by atoms with E-state index in [1.54, 1.807) is 0 Å². The van der Waals surface area contributed by atoms with E-state index in [4.69, 9.17) is 9.47 Å². The average molecular weight is 258 g/mol. The van der Waals surface area contributed by atoms with Crippen molar-refractivity contribution in [2.45, 2.75) is 38.8 Å². The second-order valence-electron chi connectivity index (χ2n) is 5.37. The van der Waals surface area contributed by atoms with Crippen LogP contribution in [-0.2, 0) is 14.3 Å². The van der Waals surface area contributed by atoms with Crippen molar-refractivity contribution in [2.24, 2.45) is 0 Å². The number of hydrogen-bond donors (Lipinski definition) is 1. The number of esters is 1.